The molecule has 1 N–H and O–H groups in total. The highest BCUT2D eigenvalue weighted by atomic mass is 32.2. The largest absolute Gasteiger partial charge is 0.367 e. The summed E-state index contributed by atoms with van der Waals surface area (Å²) >= 11 is 0. The van der Waals surface area contributed by atoms with Gasteiger partial charge in [-0.05, 0) is 43.2 Å². The molecule has 0 bridgehead atoms. The van der Waals surface area contributed by atoms with Crippen LogP contribution in [-0.2, 0) is 21.2 Å². The number of nitrogens with one attached hydrogen (secondary N) is 1. The van der Waals surface area contributed by atoms with Crippen molar-refractivity contribution in [2.24, 2.45) is 0 Å². The molecular formula is C19H20FN5O4S. The quantitative estimate of drug-likeness (QED) is 0.656. The van der Waals surface area contributed by atoms with Crippen LogP contribution in [0.1, 0.15) is 32.1 Å². The van der Waals surface area contributed by atoms with E-state index in [9.17, 15) is 22.4 Å². The standard InChI is InChI=1S/C19H20FN5O4S/c20-13-5-4-6-14(11-13)21-17(26)12-24-19(27)25-16(22-24)9-10-18(23-25)30(28,29)15-7-2-1-3-8-15/h4-6,9-11,15H,1-3,7-8,12H2,(H,21,26). The van der Waals surface area contributed by atoms with Gasteiger partial charge in [-0.25, -0.2) is 22.3 Å². The van der Waals surface area contributed by atoms with Gasteiger partial charge in [-0.3, -0.25) is 4.79 Å². The highest BCUT2D eigenvalue weighted by Crippen LogP contribution is 2.27. The van der Waals surface area contributed by atoms with E-state index in [1.165, 1.54) is 30.3 Å². The van der Waals surface area contributed by atoms with Gasteiger partial charge in [0.05, 0.1) is 5.25 Å². The van der Waals surface area contributed by atoms with Crippen molar-refractivity contribution in [1.82, 2.24) is 19.4 Å². The Morgan fingerprint density at radius 2 is 1.90 bits per heavy atom. The summed E-state index contributed by atoms with van der Waals surface area (Å²) in [7, 11) is -3.65. The molecule has 2 heterocycles. The summed E-state index contributed by atoms with van der Waals surface area (Å²) in [5, 5.41) is 9.82. The third-order valence-corrected chi connectivity index (χ3v) is 7.25. The number of halogens is 1. The van der Waals surface area contributed by atoms with Gasteiger partial charge in [0.1, 0.15) is 12.4 Å². The molecule has 30 heavy (non-hydrogen) atoms. The van der Waals surface area contributed by atoms with Crippen LogP contribution in [0.4, 0.5) is 10.1 Å². The topological polar surface area (TPSA) is 115 Å². The van der Waals surface area contributed by atoms with Gasteiger partial charge in [0.15, 0.2) is 20.5 Å². The van der Waals surface area contributed by atoms with Crippen molar-refractivity contribution < 1.29 is 17.6 Å². The number of sulfone groups is 1. The van der Waals surface area contributed by atoms with Gasteiger partial charge >= 0.3 is 5.69 Å². The minimum atomic E-state index is -3.65. The molecule has 2 aromatic heterocycles. The van der Waals surface area contributed by atoms with Gasteiger partial charge in [-0.1, -0.05) is 25.3 Å². The zero-order valence-electron chi connectivity index (χ0n) is 16.0. The van der Waals surface area contributed by atoms with Crippen molar-refractivity contribution in [3.8, 4) is 0 Å². The number of benzene rings is 1. The number of anilines is 1. The molecule has 1 aromatic carbocycles. The number of amides is 1. The van der Waals surface area contributed by atoms with Crippen molar-refractivity contribution in [3.05, 3.63) is 52.7 Å². The van der Waals surface area contributed by atoms with Gasteiger partial charge in [0.2, 0.25) is 5.91 Å². The second-order valence-electron chi connectivity index (χ2n) is 7.25. The number of hydrogen-bond acceptors (Lipinski definition) is 6. The van der Waals surface area contributed by atoms with Crippen LogP contribution in [0.25, 0.3) is 5.65 Å². The second kappa shape index (κ2) is 7.98. The number of fused-ring (bicyclic) bond motifs is 1. The van der Waals surface area contributed by atoms with Crippen LogP contribution < -0.4 is 11.0 Å². The number of rotatable bonds is 5. The lowest BCUT2D eigenvalue weighted by Gasteiger charge is -2.20. The molecule has 3 aromatic rings. The fraction of sp³-hybridized carbons (Fsp3) is 0.368. The maximum Gasteiger partial charge on any atom is 0.367 e. The first-order valence-electron chi connectivity index (χ1n) is 9.61. The second-order valence-corrected chi connectivity index (χ2v) is 9.42. The van der Waals surface area contributed by atoms with Crippen molar-refractivity contribution in [2.75, 3.05) is 5.32 Å². The number of nitrogens with zero attached hydrogens (tertiary/aromatic N) is 4. The average Bonchev–Trinajstić information content (AvgIpc) is 3.03. The molecule has 0 spiro atoms. The minimum absolute atomic E-state index is 0.126. The van der Waals surface area contributed by atoms with E-state index in [2.05, 4.69) is 15.5 Å². The monoisotopic (exact) mass is 433 g/mol. The molecule has 1 fully saturated rings. The van der Waals surface area contributed by atoms with Crippen LogP contribution in [-0.4, -0.2) is 39.0 Å². The molecule has 1 aliphatic carbocycles. The zero-order valence-corrected chi connectivity index (χ0v) is 16.8. The molecule has 1 saturated carbocycles. The van der Waals surface area contributed by atoms with Crippen molar-refractivity contribution in [1.29, 1.82) is 0 Å². The molecule has 1 amide bonds. The summed E-state index contributed by atoms with van der Waals surface area (Å²) < 4.78 is 40.7. The first-order valence-corrected chi connectivity index (χ1v) is 11.2. The van der Waals surface area contributed by atoms with Crippen LogP contribution in [0.15, 0.2) is 46.2 Å². The van der Waals surface area contributed by atoms with Gasteiger partial charge in [0.25, 0.3) is 0 Å². The Morgan fingerprint density at radius 1 is 1.13 bits per heavy atom. The Morgan fingerprint density at radius 3 is 2.63 bits per heavy atom. The first kappa shape index (κ1) is 20.2. The maximum atomic E-state index is 13.2. The summed E-state index contributed by atoms with van der Waals surface area (Å²) in [6, 6.07) is 8.08. The van der Waals surface area contributed by atoms with Gasteiger partial charge in [0, 0.05) is 5.69 Å². The normalized spacial score (nSPS) is 15.4. The zero-order chi connectivity index (χ0) is 21.3. The van der Waals surface area contributed by atoms with Crippen LogP contribution in [0.5, 0.6) is 0 Å². The smallest absolute Gasteiger partial charge is 0.324 e. The third-order valence-electron chi connectivity index (χ3n) is 5.10. The molecular weight excluding hydrogens is 413 g/mol. The molecule has 0 saturated heterocycles. The minimum Gasteiger partial charge on any atom is -0.324 e. The molecule has 0 atom stereocenters. The number of carbonyl (C=O) groups excluding carboxylic acids is 1. The molecule has 9 nitrogen and oxygen atoms in total. The van der Waals surface area contributed by atoms with E-state index in [0.717, 1.165) is 34.5 Å². The highest BCUT2D eigenvalue weighted by molar-refractivity contribution is 7.92. The third kappa shape index (κ3) is 3.97. The number of aromatic nitrogens is 4. The van der Waals surface area contributed by atoms with Crippen molar-refractivity contribution >= 4 is 27.1 Å². The number of carbonyl (C=O) groups is 1. The summed E-state index contributed by atoms with van der Waals surface area (Å²) in [6.45, 7) is -0.427. The van der Waals surface area contributed by atoms with E-state index >= 15 is 0 Å². The summed E-state index contributed by atoms with van der Waals surface area (Å²) in [5.41, 5.74) is -0.364. The highest BCUT2D eigenvalue weighted by Gasteiger charge is 2.30. The van der Waals surface area contributed by atoms with E-state index in [-0.39, 0.29) is 16.4 Å². The Hall–Kier alpha value is -3.08. The van der Waals surface area contributed by atoms with Crippen LogP contribution >= 0.6 is 0 Å². The fourth-order valence-corrected chi connectivity index (χ4v) is 5.34. The van der Waals surface area contributed by atoms with Crippen molar-refractivity contribution in [2.45, 2.75) is 48.9 Å². The van der Waals surface area contributed by atoms with E-state index in [1.807, 2.05) is 0 Å². The van der Waals surface area contributed by atoms with Crippen LogP contribution in [0.2, 0.25) is 0 Å². The molecule has 0 radical (unpaired) electrons. The van der Waals surface area contributed by atoms with E-state index in [4.69, 9.17) is 0 Å². The van der Waals surface area contributed by atoms with E-state index in [1.54, 1.807) is 0 Å². The maximum absolute atomic E-state index is 13.2. The molecule has 0 aliphatic heterocycles. The van der Waals surface area contributed by atoms with E-state index < -0.39 is 39.0 Å². The van der Waals surface area contributed by atoms with Gasteiger partial charge in [-0.2, -0.15) is 4.52 Å². The number of hydrogen-bond donors (Lipinski definition) is 1. The Balaban J connectivity index is 1.58. The van der Waals surface area contributed by atoms with Gasteiger partial charge in [-0.15, -0.1) is 10.2 Å². The summed E-state index contributed by atoms with van der Waals surface area (Å²) in [5.74, 6) is -1.09. The Kier molecular flexibility index (Phi) is 5.37. The molecule has 158 valence electrons. The van der Waals surface area contributed by atoms with Crippen LogP contribution in [0.3, 0.4) is 0 Å². The lowest BCUT2D eigenvalue weighted by molar-refractivity contribution is -0.117. The van der Waals surface area contributed by atoms with Crippen molar-refractivity contribution in [3.63, 3.8) is 0 Å². The first-order chi connectivity index (χ1) is 14.3. The lowest BCUT2D eigenvalue weighted by Crippen LogP contribution is -2.30. The molecule has 11 heteroatoms. The predicted molar refractivity (Wildman–Crippen MR) is 106 cm³/mol. The Bertz CT molecular complexity index is 1260. The average molecular weight is 433 g/mol. The summed E-state index contributed by atoms with van der Waals surface area (Å²) in [4.78, 5) is 24.8. The molecule has 1 aliphatic rings. The molecule has 4 rings (SSSR count). The van der Waals surface area contributed by atoms with E-state index in [0.29, 0.717) is 12.8 Å². The Labute approximate surface area is 171 Å². The van der Waals surface area contributed by atoms with Crippen LogP contribution in [0, 0.1) is 5.82 Å². The molecule has 0 unspecified atom stereocenters. The lowest BCUT2D eigenvalue weighted by atomic mass is 10.0. The van der Waals surface area contributed by atoms with Gasteiger partial charge < -0.3 is 5.32 Å². The predicted octanol–water partition coefficient (Wildman–Crippen LogP) is 1.78. The SMILES string of the molecule is O=C(Cn1nc2ccc(S(=O)(=O)C3CCCCC3)nn2c1=O)Nc1cccc(F)c1. The fourth-order valence-electron chi connectivity index (χ4n) is 3.60. The summed E-state index contributed by atoms with van der Waals surface area (Å²) in [6.07, 6.45) is 3.88.